The maximum atomic E-state index is 12.4. The zero-order chi connectivity index (χ0) is 17.9. The van der Waals surface area contributed by atoms with Crippen molar-refractivity contribution < 1.29 is 13.2 Å². The molecule has 5 nitrogen and oxygen atoms in total. The maximum Gasteiger partial charge on any atom is 0.251 e. The Morgan fingerprint density at radius 3 is 2.52 bits per heavy atom. The topological polar surface area (TPSA) is 75.3 Å². The minimum absolute atomic E-state index is 0.0365. The Hall–Kier alpha value is -2.18. The molecule has 1 aliphatic rings. The molecule has 2 aromatic carbocycles. The van der Waals surface area contributed by atoms with E-state index in [1.54, 1.807) is 19.1 Å². The predicted octanol–water partition coefficient (Wildman–Crippen LogP) is 2.41. The Morgan fingerprint density at radius 1 is 1.12 bits per heavy atom. The van der Waals surface area contributed by atoms with Crippen molar-refractivity contribution in [2.75, 3.05) is 6.54 Å². The first-order valence-electron chi connectivity index (χ1n) is 8.41. The van der Waals surface area contributed by atoms with Crippen molar-refractivity contribution in [2.45, 2.75) is 37.1 Å². The van der Waals surface area contributed by atoms with Gasteiger partial charge < -0.3 is 5.32 Å². The summed E-state index contributed by atoms with van der Waals surface area (Å²) in [5, 5.41) is 2.87. The molecule has 2 aromatic rings. The van der Waals surface area contributed by atoms with Crippen molar-refractivity contribution in [3.63, 3.8) is 0 Å². The highest BCUT2D eigenvalue weighted by molar-refractivity contribution is 7.89. The van der Waals surface area contributed by atoms with Crippen molar-refractivity contribution in [3.05, 3.63) is 65.2 Å². The van der Waals surface area contributed by atoms with Gasteiger partial charge in [0.1, 0.15) is 0 Å². The van der Waals surface area contributed by atoms with E-state index >= 15 is 0 Å². The van der Waals surface area contributed by atoms with Crippen LogP contribution in [0.2, 0.25) is 0 Å². The van der Waals surface area contributed by atoms with Crippen LogP contribution in [0.4, 0.5) is 0 Å². The van der Waals surface area contributed by atoms with E-state index in [-0.39, 0.29) is 16.8 Å². The second kappa shape index (κ2) is 7.37. The number of amides is 1. The Balaban J connectivity index is 1.68. The molecule has 1 amide bonds. The number of rotatable bonds is 7. The molecule has 25 heavy (non-hydrogen) atoms. The lowest BCUT2D eigenvalue weighted by atomic mass is 10.1. The SMILES string of the molecule is Cc1ccc(S(=O)(=O)NC2CC2)cc1C(=O)NCCc1ccccc1. The van der Waals surface area contributed by atoms with Gasteiger partial charge in [-0.1, -0.05) is 36.4 Å². The van der Waals surface area contributed by atoms with E-state index in [9.17, 15) is 13.2 Å². The first-order valence-corrected chi connectivity index (χ1v) is 9.89. The van der Waals surface area contributed by atoms with Crippen LogP contribution in [0.5, 0.6) is 0 Å². The van der Waals surface area contributed by atoms with Gasteiger partial charge in [0, 0.05) is 18.2 Å². The van der Waals surface area contributed by atoms with Crippen LogP contribution in [0.15, 0.2) is 53.4 Å². The van der Waals surface area contributed by atoms with Crippen LogP contribution < -0.4 is 10.0 Å². The minimum Gasteiger partial charge on any atom is -0.352 e. The van der Waals surface area contributed by atoms with Crippen LogP contribution in [-0.2, 0) is 16.4 Å². The van der Waals surface area contributed by atoms with Gasteiger partial charge in [-0.05, 0) is 49.4 Å². The van der Waals surface area contributed by atoms with Gasteiger partial charge in [0.15, 0.2) is 0 Å². The fourth-order valence-corrected chi connectivity index (χ4v) is 3.89. The van der Waals surface area contributed by atoms with E-state index in [4.69, 9.17) is 0 Å². The molecule has 0 spiro atoms. The summed E-state index contributed by atoms with van der Waals surface area (Å²) in [6, 6.07) is 14.6. The Kier molecular flexibility index (Phi) is 5.20. The molecule has 0 heterocycles. The van der Waals surface area contributed by atoms with Crippen LogP contribution in [0.1, 0.15) is 34.3 Å². The van der Waals surface area contributed by atoms with Gasteiger partial charge in [0.2, 0.25) is 10.0 Å². The molecular weight excluding hydrogens is 336 g/mol. The van der Waals surface area contributed by atoms with Crippen molar-refractivity contribution >= 4 is 15.9 Å². The van der Waals surface area contributed by atoms with E-state index in [0.717, 1.165) is 30.4 Å². The van der Waals surface area contributed by atoms with E-state index in [1.165, 1.54) is 6.07 Å². The molecular formula is C19H22N2O3S. The molecule has 3 rings (SSSR count). The van der Waals surface area contributed by atoms with Gasteiger partial charge in [-0.3, -0.25) is 4.79 Å². The molecule has 2 N–H and O–H groups in total. The third kappa shape index (κ3) is 4.67. The molecule has 1 aliphatic carbocycles. The van der Waals surface area contributed by atoms with Crippen LogP contribution in [-0.4, -0.2) is 26.9 Å². The van der Waals surface area contributed by atoms with Gasteiger partial charge in [-0.15, -0.1) is 0 Å². The van der Waals surface area contributed by atoms with Gasteiger partial charge in [-0.2, -0.15) is 0 Å². The number of benzene rings is 2. The normalized spacial score (nSPS) is 14.3. The van der Waals surface area contributed by atoms with E-state index in [1.807, 2.05) is 30.3 Å². The molecule has 0 atom stereocenters. The maximum absolute atomic E-state index is 12.4. The number of hydrogen-bond donors (Lipinski definition) is 2. The lowest BCUT2D eigenvalue weighted by Crippen LogP contribution is -2.28. The second-order valence-corrected chi connectivity index (χ2v) is 8.08. The smallest absolute Gasteiger partial charge is 0.251 e. The molecule has 6 heteroatoms. The van der Waals surface area contributed by atoms with Crippen molar-refractivity contribution in [1.29, 1.82) is 0 Å². The number of nitrogens with one attached hydrogen (secondary N) is 2. The standard InChI is InChI=1S/C19H22N2O3S/c1-14-7-10-17(25(23,24)21-16-8-9-16)13-18(14)19(22)20-12-11-15-5-3-2-4-6-15/h2-7,10,13,16,21H,8-9,11-12H2,1H3,(H,20,22). The highest BCUT2D eigenvalue weighted by atomic mass is 32.2. The Labute approximate surface area is 148 Å². The Morgan fingerprint density at radius 2 is 1.84 bits per heavy atom. The zero-order valence-electron chi connectivity index (χ0n) is 14.2. The number of carbonyl (C=O) groups excluding carboxylic acids is 1. The van der Waals surface area contributed by atoms with Crippen LogP contribution in [0.3, 0.4) is 0 Å². The molecule has 0 unspecified atom stereocenters. The summed E-state index contributed by atoms with van der Waals surface area (Å²) in [5.41, 5.74) is 2.29. The van der Waals surface area contributed by atoms with Crippen LogP contribution >= 0.6 is 0 Å². The summed E-state index contributed by atoms with van der Waals surface area (Å²) in [6.45, 7) is 2.30. The van der Waals surface area contributed by atoms with Crippen LogP contribution in [0.25, 0.3) is 0 Å². The van der Waals surface area contributed by atoms with Gasteiger partial charge in [0.25, 0.3) is 5.91 Å². The summed E-state index contributed by atoms with van der Waals surface area (Å²) in [7, 11) is -3.56. The molecule has 0 radical (unpaired) electrons. The van der Waals surface area contributed by atoms with E-state index in [2.05, 4.69) is 10.0 Å². The van der Waals surface area contributed by atoms with Gasteiger partial charge in [0.05, 0.1) is 4.90 Å². The quantitative estimate of drug-likeness (QED) is 0.798. The first kappa shape index (κ1) is 17.6. The summed E-state index contributed by atoms with van der Waals surface area (Å²) in [4.78, 5) is 12.6. The highest BCUT2D eigenvalue weighted by Crippen LogP contribution is 2.23. The van der Waals surface area contributed by atoms with Crippen molar-refractivity contribution in [3.8, 4) is 0 Å². The molecule has 0 saturated heterocycles. The number of carbonyl (C=O) groups is 1. The average Bonchev–Trinajstić information content (AvgIpc) is 3.39. The number of sulfonamides is 1. The summed E-state index contributed by atoms with van der Waals surface area (Å²) in [5.74, 6) is -0.253. The molecule has 1 fully saturated rings. The number of hydrogen-bond acceptors (Lipinski definition) is 3. The van der Waals surface area contributed by atoms with Crippen molar-refractivity contribution in [2.24, 2.45) is 0 Å². The molecule has 1 saturated carbocycles. The first-order chi connectivity index (χ1) is 12.0. The third-order valence-corrected chi connectivity index (χ3v) is 5.72. The lowest BCUT2D eigenvalue weighted by Gasteiger charge is -2.11. The zero-order valence-corrected chi connectivity index (χ0v) is 15.0. The fraction of sp³-hybridized carbons (Fsp3) is 0.316. The highest BCUT2D eigenvalue weighted by Gasteiger charge is 2.28. The lowest BCUT2D eigenvalue weighted by molar-refractivity contribution is 0.0953. The van der Waals surface area contributed by atoms with E-state index < -0.39 is 10.0 Å². The second-order valence-electron chi connectivity index (χ2n) is 6.36. The monoisotopic (exact) mass is 358 g/mol. The third-order valence-electron chi connectivity index (χ3n) is 4.21. The molecule has 0 aromatic heterocycles. The number of aryl methyl sites for hydroxylation is 1. The van der Waals surface area contributed by atoms with E-state index in [0.29, 0.717) is 12.1 Å². The van der Waals surface area contributed by atoms with Gasteiger partial charge >= 0.3 is 0 Å². The Bertz CT molecular complexity index is 859. The minimum atomic E-state index is -3.56. The van der Waals surface area contributed by atoms with Crippen molar-refractivity contribution in [1.82, 2.24) is 10.0 Å². The fourth-order valence-electron chi connectivity index (χ4n) is 2.56. The largest absolute Gasteiger partial charge is 0.352 e. The molecule has 0 bridgehead atoms. The molecule has 0 aliphatic heterocycles. The molecule has 132 valence electrons. The summed E-state index contributed by atoms with van der Waals surface area (Å²) < 4.78 is 27.3. The predicted molar refractivity (Wildman–Crippen MR) is 97.0 cm³/mol. The summed E-state index contributed by atoms with van der Waals surface area (Å²) >= 11 is 0. The summed E-state index contributed by atoms with van der Waals surface area (Å²) in [6.07, 6.45) is 2.47. The average molecular weight is 358 g/mol. The van der Waals surface area contributed by atoms with Gasteiger partial charge in [-0.25, -0.2) is 13.1 Å². The van der Waals surface area contributed by atoms with Crippen LogP contribution in [0, 0.1) is 6.92 Å².